The van der Waals surface area contributed by atoms with Crippen molar-refractivity contribution in [3.8, 4) is 0 Å². The summed E-state index contributed by atoms with van der Waals surface area (Å²) >= 11 is 1.28. The first-order chi connectivity index (χ1) is 14.0. The minimum Gasteiger partial charge on any atom is -0.324 e. The maximum atomic E-state index is 12.7. The van der Waals surface area contributed by atoms with Gasteiger partial charge in [0.1, 0.15) is 0 Å². The average molecular weight is 418 g/mol. The smallest absolute Gasteiger partial charge is 0.324 e. The maximum Gasteiger partial charge on any atom is 0.416 e. The van der Waals surface area contributed by atoms with Crippen LogP contribution in [0.1, 0.15) is 30.5 Å². The highest BCUT2D eigenvalue weighted by molar-refractivity contribution is 8.00. The van der Waals surface area contributed by atoms with Crippen molar-refractivity contribution in [2.45, 2.75) is 36.9 Å². The molecule has 3 aromatic rings. The van der Waals surface area contributed by atoms with Crippen LogP contribution in [0.4, 0.5) is 18.9 Å². The van der Waals surface area contributed by atoms with Gasteiger partial charge in [-0.05, 0) is 74.3 Å². The van der Waals surface area contributed by atoms with E-state index in [2.05, 4.69) is 21.8 Å². The monoisotopic (exact) mass is 417 g/mol. The van der Waals surface area contributed by atoms with Gasteiger partial charge in [-0.25, -0.2) is 4.98 Å². The van der Waals surface area contributed by atoms with Gasteiger partial charge in [-0.2, -0.15) is 13.2 Å². The standard InChI is InChI=1S/C22H22F3N3S/c23-22(24,25)17-8-11-19(12-9-17)29-27-20-6-4-5-16-7-10-18(26-21(16)20)15-28-13-2-1-3-14-28/h4-12,27H,1-3,13-15H2. The molecule has 0 amide bonds. The van der Waals surface area contributed by atoms with Crippen molar-refractivity contribution in [2.24, 2.45) is 0 Å². The number of aromatic nitrogens is 1. The number of fused-ring (bicyclic) bond motifs is 1. The summed E-state index contributed by atoms with van der Waals surface area (Å²) in [6, 6.07) is 15.2. The topological polar surface area (TPSA) is 28.2 Å². The van der Waals surface area contributed by atoms with Gasteiger partial charge in [-0.15, -0.1) is 0 Å². The summed E-state index contributed by atoms with van der Waals surface area (Å²) in [5.41, 5.74) is 2.12. The zero-order valence-corrected chi connectivity index (χ0v) is 16.7. The third kappa shape index (κ3) is 5.03. The Labute approximate surface area is 172 Å². The van der Waals surface area contributed by atoms with E-state index in [0.29, 0.717) is 4.90 Å². The van der Waals surface area contributed by atoms with Gasteiger partial charge in [0.15, 0.2) is 0 Å². The van der Waals surface area contributed by atoms with Gasteiger partial charge < -0.3 is 4.72 Å². The van der Waals surface area contributed by atoms with Crippen molar-refractivity contribution >= 4 is 28.5 Å². The van der Waals surface area contributed by atoms with E-state index in [0.717, 1.165) is 54.1 Å². The van der Waals surface area contributed by atoms with Gasteiger partial charge in [0.05, 0.1) is 22.5 Å². The minimum atomic E-state index is -4.32. The molecule has 1 fully saturated rings. The van der Waals surface area contributed by atoms with Crippen LogP contribution in [0, 0.1) is 0 Å². The molecule has 4 rings (SSSR count). The number of halogens is 3. The molecule has 3 nitrogen and oxygen atoms in total. The lowest BCUT2D eigenvalue weighted by Crippen LogP contribution is -2.29. The fourth-order valence-corrected chi connectivity index (χ4v) is 4.20. The van der Waals surface area contributed by atoms with Gasteiger partial charge >= 0.3 is 6.18 Å². The highest BCUT2D eigenvalue weighted by Gasteiger charge is 2.29. The Morgan fingerprint density at radius 3 is 2.41 bits per heavy atom. The Morgan fingerprint density at radius 2 is 1.69 bits per heavy atom. The molecule has 0 atom stereocenters. The Morgan fingerprint density at radius 1 is 0.931 bits per heavy atom. The Balaban J connectivity index is 1.49. The number of rotatable bonds is 5. The SMILES string of the molecule is FC(F)(F)c1ccc(SNc2cccc3ccc(CN4CCCCC4)nc23)cc1. The van der Waals surface area contributed by atoms with Crippen LogP contribution in [-0.4, -0.2) is 23.0 Å². The van der Waals surface area contributed by atoms with Crippen LogP contribution in [0.25, 0.3) is 10.9 Å². The number of benzene rings is 2. The molecule has 0 bridgehead atoms. The first-order valence-corrected chi connectivity index (χ1v) is 10.5. The summed E-state index contributed by atoms with van der Waals surface area (Å²) in [6.45, 7) is 3.07. The molecule has 7 heteroatoms. The first kappa shape index (κ1) is 20.0. The van der Waals surface area contributed by atoms with Gasteiger partial charge in [-0.3, -0.25) is 4.90 Å². The second-order valence-electron chi connectivity index (χ2n) is 7.24. The van der Waals surface area contributed by atoms with E-state index in [-0.39, 0.29) is 0 Å². The van der Waals surface area contributed by atoms with Crippen molar-refractivity contribution in [2.75, 3.05) is 17.8 Å². The fourth-order valence-electron chi connectivity index (χ4n) is 3.53. The number of hydrogen-bond donors (Lipinski definition) is 1. The van der Waals surface area contributed by atoms with Crippen LogP contribution >= 0.6 is 11.9 Å². The number of piperidine rings is 1. The highest BCUT2D eigenvalue weighted by atomic mass is 32.2. The molecule has 1 aliphatic rings. The van der Waals surface area contributed by atoms with E-state index in [1.807, 2.05) is 18.2 Å². The molecule has 0 aliphatic carbocycles. The molecule has 1 saturated heterocycles. The van der Waals surface area contributed by atoms with E-state index in [1.165, 1.54) is 43.3 Å². The third-order valence-corrected chi connectivity index (χ3v) is 5.90. The van der Waals surface area contributed by atoms with Crippen LogP contribution in [-0.2, 0) is 12.7 Å². The van der Waals surface area contributed by atoms with Crippen molar-refractivity contribution < 1.29 is 13.2 Å². The lowest BCUT2D eigenvalue weighted by atomic mass is 10.1. The Hall–Kier alpha value is -2.25. The summed E-state index contributed by atoms with van der Waals surface area (Å²) < 4.78 is 41.4. The summed E-state index contributed by atoms with van der Waals surface area (Å²) in [5.74, 6) is 0. The first-order valence-electron chi connectivity index (χ1n) is 9.70. The summed E-state index contributed by atoms with van der Waals surface area (Å²) in [4.78, 5) is 8.00. The van der Waals surface area contributed by atoms with Gasteiger partial charge in [0, 0.05) is 16.8 Å². The van der Waals surface area contributed by atoms with E-state index < -0.39 is 11.7 Å². The average Bonchev–Trinajstić information content (AvgIpc) is 2.73. The number of nitrogens with one attached hydrogen (secondary N) is 1. The number of anilines is 1. The van der Waals surface area contributed by atoms with Crippen LogP contribution in [0.5, 0.6) is 0 Å². The number of alkyl halides is 3. The van der Waals surface area contributed by atoms with Crippen LogP contribution in [0.3, 0.4) is 0 Å². The quantitative estimate of drug-likeness (QED) is 0.489. The number of pyridine rings is 1. The lowest BCUT2D eigenvalue weighted by molar-refractivity contribution is -0.137. The van der Waals surface area contributed by atoms with Crippen molar-refractivity contribution in [1.82, 2.24) is 9.88 Å². The number of nitrogens with zero attached hydrogens (tertiary/aromatic N) is 2. The largest absolute Gasteiger partial charge is 0.416 e. The zero-order chi connectivity index (χ0) is 20.3. The fraction of sp³-hybridized carbons (Fsp3) is 0.318. The minimum absolute atomic E-state index is 0.643. The van der Waals surface area contributed by atoms with Gasteiger partial charge in [0.2, 0.25) is 0 Å². The molecule has 2 heterocycles. The number of para-hydroxylation sites is 1. The highest BCUT2D eigenvalue weighted by Crippen LogP contribution is 2.32. The van der Waals surface area contributed by atoms with Gasteiger partial charge in [0.25, 0.3) is 0 Å². The maximum absolute atomic E-state index is 12.7. The van der Waals surface area contributed by atoms with E-state index >= 15 is 0 Å². The second kappa shape index (κ2) is 8.63. The molecule has 0 saturated carbocycles. The van der Waals surface area contributed by atoms with Crippen LogP contribution in [0.15, 0.2) is 59.5 Å². The summed E-state index contributed by atoms with van der Waals surface area (Å²) in [5, 5.41) is 1.03. The molecule has 0 spiro atoms. The molecule has 1 aromatic heterocycles. The van der Waals surface area contributed by atoms with Crippen molar-refractivity contribution in [3.05, 3.63) is 65.9 Å². The molecule has 0 radical (unpaired) electrons. The number of likely N-dealkylation sites (tertiary alicyclic amines) is 1. The molecule has 2 aromatic carbocycles. The van der Waals surface area contributed by atoms with Gasteiger partial charge in [-0.1, -0.05) is 24.6 Å². The van der Waals surface area contributed by atoms with E-state index in [4.69, 9.17) is 4.98 Å². The van der Waals surface area contributed by atoms with Crippen LogP contribution in [0.2, 0.25) is 0 Å². The number of hydrogen-bond acceptors (Lipinski definition) is 4. The molecular weight excluding hydrogens is 395 g/mol. The molecule has 1 N–H and O–H groups in total. The normalized spacial score (nSPS) is 15.6. The Bertz CT molecular complexity index is 967. The second-order valence-corrected chi connectivity index (χ2v) is 8.12. The molecule has 0 unspecified atom stereocenters. The summed E-state index contributed by atoms with van der Waals surface area (Å²) in [7, 11) is 0. The molecule has 1 aliphatic heterocycles. The van der Waals surface area contributed by atoms with Crippen molar-refractivity contribution in [1.29, 1.82) is 0 Å². The predicted molar refractivity (Wildman–Crippen MR) is 112 cm³/mol. The third-order valence-electron chi connectivity index (χ3n) is 5.07. The predicted octanol–water partition coefficient (Wildman–Crippen LogP) is 6.36. The molecule has 152 valence electrons. The van der Waals surface area contributed by atoms with E-state index in [1.54, 1.807) is 0 Å². The molecule has 29 heavy (non-hydrogen) atoms. The van der Waals surface area contributed by atoms with Crippen LogP contribution < -0.4 is 4.72 Å². The zero-order valence-electron chi connectivity index (χ0n) is 15.9. The van der Waals surface area contributed by atoms with Crippen molar-refractivity contribution in [3.63, 3.8) is 0 Å². The molecular formula is C22H22F3N3S. The lowest BCUT2D eigenvalue weighted by Gasteiger charge is -2.26. The van der Waals surface area contributed by atoms with E-state index in [9.17, 15) is 13.2 Å². The Kier molecular flexibility index (Phi) is 5.96. The summed E-state index contributed by atoms with van der Waals surface area (Å²) in [6.07, 6.45) is -0.536.